The minimum Gasteiger partial charge on any atom is -0.480 e. The highest BCUT2D eigenvalue weighted by Gasteiger charge is 2.10. The number of rotatable bonds is 5. The third-order valence-electron chi connectivity index (χ3n) is 1.18. The lowest BCUT2D eigenvalue weighted by molar-refractivity contribution is -0.136. The minimum absolute atomic E-state index is 0.246. The molecule has 0 bridgehead atoms. The van der Waals surface area contributed by atoms with E-state index in [0.29, 0.717) is 6.54 Å². The molecule has 0 saturated carbocycles. The Balaban J connectivity index is 3.21. The van der Waals surface area contributed by atoms with E-state index in [1.54, 1.807) is 0 Å². The molecule has 0 spiro atoms. The van der Waals surface area contributed by atoms with E-state index in [-0.39, 0.29) is 3.92 Å². The number of alkyl halides is 1. The Bertz CT molecular complexity index is 108. The van der Waals surface area contributed by atoms with E-state index in [0.717, 1.165) is 19.3 Å². The van der Waals surface area contributed by atoms with Crippen molar-refractivity contribution in [2.24, 2.45) is 5.73 Å². The Labute approximate surface area is 74.1 Å². The average molecular weight is 257 g/mol. The summed E-state index contributed by atoms with van der Waals surface area (Å²) in [4.78, 5) is 10.3. The SMILES string of the molecule is NCCCCC(I)C(=O)O. The van der Waals surface area contributed by atoms with E-state index in [2.05, 4.69) is 0 Å². The van der Waals surface area contributed by atoms with Crippen LogP contribution in [0, 0.1) is 0 Å². The van der Waals surface area contributed by atoms with E-state index in [4.69, 9.17) is 10.8 Å². The van der Waals surface area contributed by atoms with Gasteiger partial charge in [-0.2, -0.15) is 0 Å². The van der Waals surface area contributed by atoms with Crippen molar-refractivity contribution in [3.05, 3.63) is 0 Å². The topological polar surface area (TPSA) is 63.3 Å². The van der Waals surface area contributed by atoms with Gasteiger partial charge in [0.2, 0.25) is 0 Å². The summed E-state index contributed by atoms with van der Waals surface area (Å²) >= 11 is 1.93. The van der Waals surface area contributed by atoms with Crippen molar-refractivity contribution in [3.63, 3.8) is 0 Å². The Hall–Kier alpha value is 0.160. The van der Waals surface area contributed by atoms with Crippen LogP contribution in [0.4, 0.5) is 0 Å². The Morgan fingerprint density at radius 2 is 2.20 bits per heavy atom. The molecule has 0 aliphatic rings. The van der Waals surface area contributed by atoms with Crippen LogP contribution >= 0.6 is 22.6 Å². The maximum Gasteiger partial charge on any atom is 0.316 e. The predicted molar refractivity (Wildman–Crippen MR) is 48.3 cm³/mol. The average Bonchev–Trinajstić information content (AvgIpc) is 1.88. The third-order valence-corrected chi connectivity index (χ3v) is 2.34. The zero-order valence-electron chi connectivity index (χ0n) is 5.72. The fourth-order valence-electron chi connectivity index (χ4n) is 0.591. The smallest absolute Gasteiger partial charge is 0.316 e. The maximum atomic E-state index is 10.3. The number of hydrogen-bond acceptors (Lipinski definition) is 2. The molecule has 10 heavy (non-hydrogen) atoms. The van der Waals surface area contributed by atoms with Crippen molar-refractivity contribution in [1.29, 1.82) is 0 Å². The van der Waals surface area contributed by atoms with E-state index >= 15 is 0 Å². The molecule has 0 amide bonds. The molecule has 0 aromatic carbocycles. The van der Waals surface area contributed by atoms with E-state index in [1.165, 1.54) is 0 Å². The summed E-state index contributed by atoms with van der Waals surface area (Å²) in [6, 6.07) is 0. The van der Waals surface area contributed by atoms with Crippen molar-refractivity contribution in [3.8, 4) is 0 Å². The van der Waals surface area contributed by atoms with Gasteiger partial charge in [-0.1, -0.05) is 29.0 Å². The van der Waals surface area contributed by atoms with Gasteiger partial charge in [-0.25, -0.2) is 0 Å². The van der Waals surface area contributed by atoms with Gasteiger partial charge in [0, 0.05) is 0 Å². The molecule has 0 aromatic heterocycles. The molecule has 0 heterocycles. The summed E-state index contributed by atoms with van der Waals surface area (Å²) in [7, 11) is 0. The molecule has 0 saturated heterocycles. The first-order valence-corrected chi connectivity index (χ1v) is 4.50. The van der Waals surface area contributed by atoms with Crippen LogP contribution in [0.2, 0.25) is 0 Å². The summed E-state index contributed by atoms with van der Waals surface area (Å²) in [6.45, 7) is 0.656. The number of unbranched alkanes of at least 4 members (excludes halogenated alkanes) is 1. The molecule has 0 rings (SSSR count). The first kappa shape index (κ1) is 10.2. The summed E-state index contributed by atoms with van der Waals surface area (Å²) in [6.07, 6.45) is 2.57. The summed E-state index contributed by atoms with van der Waals surface area (Å²) in [5.74, 6) is -0.724. The predicted octanol–water partition coefficient (Wildman–Crippen LogP) is 1.00. The fourth-order valence-corrected chi connectivity index (χ4v) is 1.03. The Morgan fingerprint density at radius 3 is 2.60 bits per heavy atom. The number of halogens is 1. The molecule has 0 fully saturated rings. The number of carbonyl (C=O) groups is 1. The lowest BCUT2D eigenvalue weighted by Gasteiger charge is -2.01. The molecule has 0 aliphatic heterocycles. The highest BCUT2D eigenvalue weighted by Crippen LogP contribution is 2.09. The van der Waals surface area contributed by atoms with Gasteiger partial charge in [-0.15, -0.1) is 0 Å². The molecule has 0 aromatic rings. The van der Waals surface area contributed by atoms with E-state index in [9.17, 15) is 4.79 Å². The molecule has 60 valence electrons. The van der Waals surface area contributed by atoms with Crippen LogP contribution in [0.25, 0.3) is 0 Å². The van der Waals surface area contributed by atoms with Gasteiger partial charge in [0.15, 0.2) is 0 Å². The van der Waals surface area contributed by atoms with Gasteiger partial charge in [-0.05, 0) is 19.4 Å². The van der Waals surface area contributed by atoms with Crippen LogP contribution in [0.3, 0.4) is 0 Å². The maximum absolute atomic E-state index is 10.3. The number of nitrogens with two attached hydrogens (primary N) is 1. The van der Waals surface area contributed by atoms with Crippen molar-refractivity contribution in [1.82, 2.24) is 0 Å². The van der Waals surface area contributed by atoms with Crippen LogP contribution in [0.5, 0.6) is 0 Å². The van der Waals surface area contributed by atoms with Crippen molar-refractivity contribution in [2.45, 2.75) is 23.2 Å². The molecule has 3 nitrogen and oxygen atoms in total. The van der Waals surface area contributed by atoms with Gasteiger partial charge in [-0.3, -0.25) is 4.79 Å². The summed E-state index contributed by atoms with van der Waals surface area (Å²) in [5, 5.41) is 8.44. The van der Waals surface area contributed by atoms with Gasteiger partial charge in [0.1, 0.15) is 3.92 Å². The normalized spacial score (nSPS) is 13.0. The molecule has 3 N–H and O–H groups in total. The first-order chi connectivity index (χ1) is 4.68. The molecular formula is C6H12INO2. The zero-order chi connectivity index (χ0) is 7.98. The van der Waals surface area contributed by atoms with Crippen molar-refractivity contribution >= 4 is 28.6 Å². The second-order valence-electron chi connectivity index (χ2n) is 2.09. The number of aliphatic carboxylic acids is 1. The van der Waals surface area contributed by atoms with E-state index < -0.39 is 5.97 Å². The lowest BCUT2D eigenvalue weighted by Crippen LogP contribution is -2.12. The van der Waals surface area contributed by atoms with Crippen LogP contribution in [-0.2, 0) is 4.79 Å². The van der Waals surface area contributed by atoms with Crippen molar-refractivity contribution < 1.29 is 9.90 Å². The molecule has 1 atom stereocenters. The monoisotopic (exact) mass is 257 g/mol. The zero-order valence-corrected chi connectivity index (χ0v) is 7.87. The van der Waals surface area contributed by atoms with E-state index in [1.807, 2.05) is 22.6 Å². The van der Waals surface area contributed by atoms with Crippen LogP contribution in [0.1, 0.15) is 19.3 Å². The number of hydrogen-bond donors (Lipinski definition) is 2. The third kappa shape index (κ3) is 4.99. The summed E-state index contributed by atoms with van der Waals surface area (Å²) in [5.41, 5.74) is 5.24. The first-order valence-electron chi connectivity index (χ1n) is 3.25. The second-order valence-corrected chi connectivity index (χ2v) is 3.59. The van der Waals surface area contributed by atoms with Crippen LogP contribution in [0.15, 0.2) is 0 Å². The standard InChI is InChI=1S/C6H12INO2/c7-5(6(9)10)3-1-2-4-8/h5H,1-4,8H2,(H,9,10). The molecule has 0 aliphatic carbocycles. The summed E-state index contributed by atoms with van der Waals surface area (Å²) < 4.78 is -0.246. The van der Waals surface area contributed by atoms with Crippen molar-refractivity contribution in [2.75, 3.05) is 6.54 Å². The quantitative estimate of drug-likeness (QED) is 0.439. The molecule has 4 heteroatoms. The fraction of sp³-hybridized carbons (Fsp3) is 0.833. The minimum atomic E-state index is -0.724. The number of carboxylic acids is 1. The largest absolute Gasteiger partial charge is 0.480 e. The van der Waals surface area contributed by atoms with Gasteiger partial charge < -0.3 is 10.8 Å². The van der Waals surface area contributed by atoms with Gasteiger partial charge in [0.05, 0.1) is 0 Å². The van der Waals surface area contributed by atoms with Crippen LogP contribution < -0.4 is 5.73 Å². The second kappa shape index (κ2) is 5.91. The number of carboxylic acid groups (broad SMARTS) is 1. The van der Waals surface area contributed by atoms with Crippen LogP contribution in [-0.4, -0.2) is 21.5 Å². The molecule has 0 radical (unpaired) electrons. The highest BCUT2D eigenvalue weighted by molar-refractivity contribution is 14.1. The van der Waals surface area contributed by atoms with Gasteiger partial charge in [0.25, 0.3) is 0 Å². The lowest BCUT2D eigenvalue weighted by atomic mass is 10.2. The van der Waals surface area contributed by atoms with Gasteiger partial charge >= 0.3 is 5.97 Å². The Morgan fingerprint density at radius 1 is 1.60 bits per heavy atom. The molecule has 1 unspecified atom stereocenters. The Kier molecular flexibility index (Phi) is 6.00. The highest BCUT2D eigenvalue weighted by atomic mass is 127. The molecular weight excluding hydrogens is 245 g/mol.